The Labute approximate surface area is 115 Å². The van der Waals surface area contributed by atoms with Crippen molar-refractivity contribution < 1.29 is 4.74 Å². The van der Waals surface area contributed by atoms with E-state index in [1.54, 1.807) is 0 Å². The molecule has 1 atom stereocenters. The topological polar surface area (TPSA) is 38.2 Å². The van der Waals surface area contributed by atoms with E-state index in [9.17, 15) is 0 Å². The van der Waals surface area contributed by atoms with Crippen molar-refractivity contribution in [2.24, 2.45) is 0 Å². The molecule has 2 heterocycles. The molecule has 0 bridgehead atoms. The molecule has 2 fully saturated rings. The first-order valence-corrected chi connectivity index (χ1v) is 7.40. The number of nitrogens with zero attached hydrogens (tertiary/aromatic N) is 3. The molecule has 1 saturated carbocycles. The largest absolute Gasteiger partial charge is 0.376 e. The van der Waals surface area contributed by atoms with Gasteiger partial charge in [-0.25, -0.2) is 9.97 Å². The molecule has 2 aliphatic rings. The van der Waals surface area contributed by atoms with Crippen molar-refractivity contribution in [1.82, 2.24) is 9.97 Å². The molecule has 1 aromatic heterocycles. The fourth-order valence-corrected chi connectivity index (χ4v) is 2.64. The van der Waals surface area contributed by atoms with E-state index in [1.165, 1.54) is 32.1 Å². The van der Waals surface area contributed by atoms with Crippen LogP contribution in [0.15, 0.2) is 6.07 Å². The molecule has 1 unspecified atom stereocenters. The first kappa shape index (κ1) is 12.9. The van der Waals surface area contributed by atoms with Crippen LogP contribution in [0.3, 0.4) is 0 Å². The summed E-state index contributed by atoms with van der Waals surface area (Å²) < 4.78 is 5.81. The van der Waals surface area contributed by atoms with Crippen molar-refractivity contribution in [1.29, 1.82) is 0 Å². The number of hydrogen-bond donors (Lipinski definition) is 0. The molecule has 0 amide bonds. The maximum atomic E-state index is 5.81. The van der Waals surface area contributed by atoms with E-state index >= 15 is 0 Å². The Kier molecular flexibility index (Phi) is 3.69. The molecule has 3 rings (SSSR count). The Morgan fingerprint density at radius 3 is 2.79 bits per heavy atom. The van der Waals surface area contributed by atoms with E-state index in [0.717, 1.165) is 30.5 Å². The number of aromatic nitrogens is 2. The second-order valence-corrected chi connectivity index (χ2v) is 5.87. The minimum Gasteiger partial charge on any atom is -0.376 e. The van der Waals surface area contributed by atoms with Crippen LogP contribution in [-0.2, 0) is 4.74 Å². The van der Waals surface area contributed by atoms with Crippen molar-refractivity contribution in [2.75, 3.05) is 25.1 Å². The van der Waals surface area contributed by atoms with Gasteiger partial charge in [-0.05, 0) is 39.0 Å². The first-order chi connectivity index (χ1) is 9.22. The number of anilines is 1. The van der Waals surface area contributed by atoms with Gasteiger partial charge in [-0.15, -0.1) is 0 Å². The maximum Gasteiger partial charge on any atom is 0.134 e. The van der Waals surface area contributed by atoms with Crippen LogP contribution >= 0.6 is 0 Å². The zero-order chi connectivity index (χ0) is 13.2. The van der Waals surface area contributed by atoms with Crippen molar-refractivity contribution in [3.05, 3.63) is 17.6 Å². The van der Waals surface area contributed by atoms with Crippen LogP contribution in [0.1, 0.15) is 49.5 Å². The summed E-state index contributed by atoms with van der Waals surface area (Å²) in [6.07, 6.45) is 6.52. The van der Waals surface area contributed by atoms with Gasteiger partial charge in [0.25, 0.3) is 0 Å². The highest BCUT2D eigenvalue weighted by Gasteiger charge is 2.27. The summed E-state index contributed by atoms with van der Waals surface area (Å²) in [6, 6.07) is 2.08. The SMILES string of the molecule is Cc1cc(N(C)CC2CCCCO2)nc(C2CC2)n1. The summed E-state index contributed by atoms with van der Waals surface area (Å²) in [5.74, 6) is 2.69. The normalized spacial score (nSPS) is 23.4. The monoisotopic (exact) mass is 261 g/mol. The third-order valence-corrected chi connectivity index (χ3v) is 3.94. The van der Waals surface area contributed by atoms with Crippen LogP contribution in [0, 0.1) is 6.92 Å². The third kappa shape index (κ3) is 3.24. The zero-order valence-corrected chi connectivity index (χ0v) is 11.9. The Hall–Kier alpha value is -1.16. The molecule has 4 heteroatoms. The van der Waals surface area contributed by atoms with Gasteiger partial charge in [0, 0.05) is 37.9 Å². The van der Waals surface area contributed by atoms with Crippen LogP contribution in [0.25, 0.3) is 0 Å². The number of aryl methyl sites for hydroxylation is 1. The van der Waals surface area contributed by atoms with Crippen LogP contribution in [0.5, 0.6) is 0 Å². The van der Waals surface area contributed by atoms with Crippen LogP contribution in [0.2, 0.25) is 0 Å². The van der Waals surface area contributed by atoms with Crippen molar-refractivity contribution in [2.45, 2.75) is 51.0 Å². The molecule has 104 valence electrons. The summed E-state index contributed by atoms with van der Waals surface area (Å²) in [5.41, 5.74) is 1.07. The third-order valence-electron chi connectivity index (χ3n) is 3.94. The molecule has 0 spiro atoms. The Morgan fingerprint density at radius 1 is 1.26 bits per heavy atom. The Balaban J connectivity index is 1.69. The maximum absolute atomic E-state index is 5.81. The lowest BCUT2D eigenvalue weighted by molar-refractivity contribution is 0.0215. The van der Waals surface area contributed by atoms with Crippen molar-refractivity contribution in [3.8, 4) is 0 Å². The average Bonchev–Trinajstić information content (AvgIpc) is 3.23. The fourth-order valence-electron chi connectivity index (χ4n) is 2.64. The standard InChI is InChI=1S/C15H23N3O/c1-11-9-14(17-15(16-11)12-6-7-12)18(2)10-13-5-3-4-8-19-13/h9,12-13H,3-8,10H2,1-2H3. The average molecular weight is 261 g/mol. The highest BCUT2D eigenvalue weighted by molar-refractivity contribution is 5.39. The lowest BCUT2D eigenvalue weighted by Crippen LogP contribution is -2.34. The van der Waals surface area contributed by atoms with Gasteiger partial charge in [0.15, 0.2) is 0 Å². The molecule has 19 heavy (non-hydrogen) atoms. The molecule has 1 saturated heterocycles. The van der Waals surface area contributed by atoms with E-state index in [-0.39, 0.29) is 0 Å². The zero-order valence-electron chi connectivity index (χ0n) is 11.9. The predicted octanol–water partition coefficient (Wildman–Crippen LogP) is 2.67. The minimum atomic E-state index is 0.360. The van der Waals surface area contributed by atoms with E-state index < -0.39 is 0 Å². The lowest BCUT2D eigenvalue weighted by atomic mass is 10.1. The molecule has 0 aromatic carbocycles. The predicted molar refractivity (Wildman–Crippen MR) is 75.6 cm³/mol. The van der Waals surface area contributed by atoms with Crippen LogP contribution in [0.4, 0.5) is 5.82 Å². The minimum absolute atomic E-state index is 0.360. The molecule has 1 aliphatic heterocycles. The van der Waals surface area contributed by atoms with Gasteiger partial charge in [-0.3, -0.25) is 0 Å². The molecule has 4 nitrogen and oxygen atoms in total. The second-order valence-electron chi connectivity index (χ2n) is 5.87. The van der Waals surface area contributed by atoms with E-state index in [4.69, 9.17) is 9.72 Å². The number of rotatable bonds is 4. The molecule has 0 radical (unpaired) electrons. The van der Waals surface area contributed by atoms with Gasteiger partial charge in [0.2, 0.25) is 0 Å². The molecule has 1 aromatic rings. The van der Waals surface area contributed by atoms with Crippen molar-refractivity contribution >= 4 is 5.82 Å². The Morgan fingerprint density at radius 2 is 2.11 bits per heavy atom. The smallest absolute Gasteiger partial charge is 0.134 e. The highest BCUT2D eigenvalue weighted by Crippen LogP contribution is 2.38. The highest BCUT2D eigenvalue weighted by atomic mass is 16.5. The Bertz CT molecular complexity index is 439. The molecular weight excluding hydrogens is 238 g/mol. The van der Waals surface area contributed by atoms with E-state index in [1.807, 2.05) is 0 Å². The van der Waals surface area contributed by atoms with Gasteiger partial charge >= 0.3 is 0 Å². The van der Waals surface area contributed by atoms with Crippen LogP contribution in [-0.4, -0.2) is 36.3 Å². The second kappa shape index (κ2) is 5.45. The van der Waals surface area contributed by atoms with Gasteiger partial charge in [-0.2, -0.15) is 0 Å². The van der Waals surface area contributed by atoms with Crippen LogP contribution < -0.4 is 4.90 Å². The van der Waals surface area contributed by atoms with Gasteiger partial charge < -0.3 is 9.64 Å². The number of hydrogen-bond acceptors (Lipinski definition) is 4. The van der Waals surface area contributed by atoms with Gasteiger partial charge in [0.05, 0.1) is 6.10 Å². The molecule has 0 N–H and O–H groups in total. The van der Waals surface area contributed by atoms with Gasteiger partial charge in [-0.1, -0.05) is 0 Å². The summed E-state index contributed by atoms with van der Waals surface area (Å²) in [5, 5.41) is 0. The van der Waals surface area contributed by atoms with Crippen molar-refractivity contribution in [3.63, 3.8) is 0 Å². The molecule has 1 aliphatic carbocycles. The fraction of sp³-hybridized carbons (Fsp3) is 0.733. The van der Waals surface area contributed by atoms with E-state index in [0.29, 0.717) is 12.0 Å². The quantitative estimate of drug-likeness (QED) is 0.835. The number of likely N-dealkylation sites (N-methyl/N-ethyl adjacent to an activating group) is 1. The van der Waals surface area contributed by atoms with Gasteiger partial charge in [0.1, 0.15) is 11.6 Å². The number of ether oxygens (including phenoxy) is 1. The summed E-state index contributed by atoms with van der Waals surface area (Å²) in [4.78, 5) is 11.5. The first-order valence-electron chi connectivity index (χ1n) is 7.40. The summed E-state index contributed by atoms with van der Waals surface area (Å²) in [7, 11) is 2.11. The molecular formula is C15H23N3O. The summed E-state index contributed by atoms with van der Waals surface area (Å²) >= 11 is 0. The summed E-state index contributed by atoms with van der Waals surface area (Å²) in [6.45, 7) is 3.90. The lowest BCUT2D eigenvalue weighted by Gasteiger charge is -2.28. The van der Waals surface area contributed by atoms with E-state index in [2.05, 4.69) is 29.9 Å².